The number of pyridine rings is 1. The van der Waals surface area contributed by atoms with Gasteiger partial charge in [0.2, 0.25) is 11.8 Å². The second kappa shape index (κ2) is 7.41. The molecule has 2 aromatic rings. The average molecular weight is 330 g/mol. The number of thioether (sulfide) groups is 1. The summed E-state index contributed by atoms with van der Waals surface area (Å²) in [5.74, 6) is 1.71. The van der Waals surface area contributed by atoms with Crippen LogP contribution in [0.1, 0.15) is 12.8 Å². The van der Waals surface area contributed by atoms with E-state index in [0.29, 0.717) is 29.2 Å². The van der Waals surface area contributed by atoms with Gasteiger partial charge in [0.15, 0.2) is 0 Å². The number of carbonyl (C=O) groups is 1. The summed E-state index contributed by atoms with van der Waals surface area (Å²) in [6.07, 6.45) is 6.78. The number of aromatic nitrogens is 3. The van der Waals surface area contributed by atoms with Crippen LogP contribution in [0.25, 0.3) is 11.5 Å². The normalized spacial score (nSPS) is 17.4. The molecule has 6 nitrogen and oxygen atoms in total. The molecule has 0 spiro atoms. The van der Waals surface area contributed by atoms with Crippen LogP contribution >= 0.6 is 11.8 Å². The lowest BCUT2D eigenvalue weighted by molar-refractivity contribution is -0.129. The van der Waals surface area contributed by atoms with E-state index in [1.54, 1.807) is 12.4 Å². The van der Waals surface area contributed by atoms with E-state index in [0.717, 1.165) is 25.1 Å². The fourth-order valence-electron chi connectivity index (χ4n) is 2.47. The third-order valence-electron chi connectivity index (χ3n) is 3.79. The zero-order chi connectivity index (χ0) is 16.1. The molecular weight excluding hydrogens is 312 g/mol. The van der Waals surface area contributed by atoms with Crippen LogP contribution in [-0.2, 0) is 4.79 Å². The summed E-state index contributed by atoms with van der Waals surface area (Å²) >= 11 is 1.41. The van der Waals surface area contributed by atoms with Crippen molar-refractivity contribution >= 4 is 17.7 Å². The Morgan fingerprint density at radius 1 is 1.43 bits per heavy atom. The Labute approximate surface area is 139 Å². The predicted molar refractivity (Wildman–Crippen MR) is 87.8 cm³/mol. The first-order valence-electron chi connectivity index (χ1n) is 7.53. The first kappa shape index (κ1) is 15.7. The Morgan fingerprint density at radius 3 is 3.00 bits per heavy atom. The molecule has 0 radical (unpaired) electrons. The first-order chi connectivity index (χ1) is 11.3. The molecule has 23 heavy (non-hydrogen) atoms. The van der Waals surface area contributed by atoms with E-state index in [1.165, 1.54) is 11.8 Å². The zero-order valence-electron chi connectivity index (χ0n) is 12.7. The van der Waals surface area contributed by atoms with Crippen molar-refractivity contribution < 1.29 is 9.21 Å². The standard InChI is InChI=1S/C16H18N4O2S/c1-2-12-5-9-20(11-12)14(21)6-10-23-16-19-18-15(22-16)13-3-7-17-8-4-13/h2-4,7-8,12H,1,5-6,9-11H2. The molecule has 7 heteroatoms. The van der Waals surface area contributed by atoms with Crippen LogP contribution < -0.4 is 0 Å². The van der Waals surface area contributed by atoms with E-state index in [2.05, 4.69) is 21.8 Å². The van der Waals surface area contributed by atoms with Gasteiger partial charge in [0.1, 0.15) is 0 Å². The molecule has 1 aliphatic heterocycles. The van der Waals surface area contributed by atoms with E-state index >= 15 is 0 Å². The van der Waals surface area contributed by atoms with Gasteiger partial charge in [-0.05, 0) is 24.5 Å². The SMILES string of the molecule is C=CC1CCN(C(=O)CCSc2nnc(-c3ccncc3)o2)C1. The van der Waals surface area contributed by atoms with Crippen molar-refractivity contribution in [3.8, 4) is 11.5 Å². The van der Waals surface area contributed by atoms with Crippen molar-refractivity contribution in [3.05, 3.63) is 37.2 Å². The smallest absolute Gasteiger partial charge is 0.276 e. The van der Waals surface area contributed by atoms with E-state index < -0.39 is 0 Å². The minimum atomic E-state index is 0.177. The summed E-state index contributed by atoms with van der Waals surface area (Å²) < 4.78 is 5.59. The van der Waals surface area contributed by atoms with Gasteiger partial charge in [-0.25, -0.2) is 0 Å². The third-order valence-corrected chi connectivity index (χ3v) is 4.61. The van der Waals surface area contributed by atoms with E-state index in [1.807, 2.05) is 23.1 Å². The lowest BCUT2D eigenvalue weighted by Gasteiger charge is -2.15. The number of amides is 1. The highest BCUT2D eigenvalue weighted by atomic mass is 32.2. The first-order valence-corrected chi connectivity index (χ1v) is 8.52. The summed E-state index contributed by atoms with van der Waals surface area (Å²) in [7, 11) is 0. The second-order valence-electron chi connectivity index (χ2n) is 5.33. The highest BCUT2D eigenvalue weighted by Gasteiger charge is 2.23. The van der Waals surface area contributed by atoms with Crippen LogP contribution in [0.4, 0.5) is 0 Å². The van der Waals surface area contributed by atoms with E-state index in [4.69, 9.17) is 4.42 Å². The number of rotatable bonds is 6. The number of hydrogen-bond donors (Lipinski definition) is 0. The topological polar surface area (TPSA) is 72.1 Å². The van der Waals surface area contributed by atoms with Crippen molar-refractivity contribution in [2.75, 3.05) is 18.8 Å². The fraction of sp³-hybridized carbons (Fsp3) is 0.375. The third kappa shape index (κ3) is 3.98. The van der Waals surface area contributed by atoms with Crippen LogP contribution in [0.15, 0.2) is 46.8 Å². The van der Waals surface area contributed by atoms with Gasteiger partial charge in [-0.3, -0.25) is 9.78 Å². The summed E-state index contributed by atoms with van der Waals surface area (Å²) in [6.45, 7) is 5.41. The number of carbonyl (C=O) groups excluding carboxylic acids is 1. The van der Waals surface area contributed by atoms with Crippen LogP contribution in [0.3, 0.4) is 0 Å². The largest absolute Gasteiger partial charge is 0.411 e. The number of likely N-dealkylation sites (tertiary alicyclic amines) is 1. The predicted octanol–water partition coefficient (Wildman–Crippen LogP) is 2.65. The fourth-order valence-corrected chi connectivity index (χ4v) is 3.16. The zero-order valence-corrected chi connectivity index (χ0v) is 13.5. The van der Waals surface area contributed by atoms with E-state index in [9.17, 15) is 4.79 Å². The van der Waals surface area contributed by atoms with Crippen molar-refractivity contribution in [1.82, 2.24) is 20.1 Å². The monoisotopic (exact) mass is 330 g/mol. The minimum absolute atomic E-state index is 0.177. The molecule has 1 saturated heterocycles. The molecule has 3 heterocycles. The molecular formula is C16H18N4O2S. The number of hydrogen-bond acceptors (Lipinski definition) is 6. The van der Waals surface area contributed by atoms with Gasteiger partial charge in [-0.1, -0.05) is 17.8 Å². The molecule has 1 amide bonds. The lowest BCUT2D eigenvalue weighted by Crippen LogP contribution is -2.28. The summed E-state index contributed by atoms with van der Waals surface area (Å²) in [5.41, 5.74) is 0.836. The maximum Gasteiger partial charge on any atom is 0.276 e. The molecule has 1 atom stereocenters. The molecule has 0 saturated carbocycles. The van der Waals surface area contributed by atoms with Crippen LogP contribution in [0.2, 0.25) is 0 Å². The molecule has 1 aliphatic rings. The van der Waals surface area contributed by atoms with Crippen LogP contribution in [0, 0.1) is 5.92 Å². The van der Waals surface area contributed by atoms with E-state index in [-0.39, 0.29) is 5.91 Å². The summed E-state index contributed by atoms with van der Waals surface area (Å²) in [6, 6.07) is 3.63. The Bertz CT molecular complexity index is 674. The highest BCUT2D eigenvalue weighted by Crippen LogP contribution is 2.24. The van der Waals surface area contributed by atoms with Gasteiger partial charge < -0.3 is 9.32 Å². The van der Waals surface area contributed by atoms with Crippen molar-refractivity contribution in [3.63, 3.8) is 0 Å². The molecule has 120 valence electrons. The quantitative estimate of drug-likeness (QED) is 0.599. The van der Waals surface area contributed by atoms with Crippen molar-refractivity contribution in [1.29, 1.82) is 0 Å². The molecule has 0 aliphatic carbocycles. The van der Waals surface area contributed by atoms with Gasteiger partial charge in [-0.15, -0.1) is 16.8 Å². The van der Waals surface area contributed by atoms with Gasteiger partial charge in [-0.2, -0.15) is 0 Å². The summed E-state index contributed by atoms with van der Waals surface area (Å²) in [4.78, 5) is 18.0. The Balaban J connectivity index is 1.47. The molecule has 0 bridgehead atoms. The Kier molecular flexibility index (Phi) is 5.07. The van der Waals surface area contributed by atoms with Crippen LogP contribution in [-0.4, -0.2) is 44.8 Å². The minimum Gasteiger partial charge on any atom is -0.411 e. The van der Waals surface area contributed by atoms with Crippen molar-refractivity contribution in [2.24, 2.45) is 5.92 Å². The highest BCUT2D eigenvalue weighted by molar-refractivity contribution is 7.99. The molecule has 0 aromatic carbocycles. The molecule has 1 unspecified atom stereocenters. The summed E-state index contributed by atoms with van der Waals surface area (Å²) in [5, 5.41) is 8.49. The second-order valence-corrected chi connectivity index (χ2v) is 6.38. The van der Waals surface area contributed by atoms with Gasteiger partial charge in [0.25, 0.3) is 5.22 Å². The van der Waals surface area contributed by atoms with Gasteiger partial charge in [0, 0.05) is 43.2 Å². The maximum atomic E-state index is 12.1. The maximum absolute atomic E-state index is 12.1. The number of nitrogens with zero attached hydrogens (tertiary/aromatic N) is 4. The van der Waals surface area contributed by atoms with Gasteiger partial charge >= 0.3 is 0 Å². The average Bonchev–Trinajstić information content (AvgIpc) is 3.25. The van der Waals surface area contributed by atoms with Crippen LogP contribution in [0.5, 0.6) is 0 Å². The molecule has 0 N–H and O–H groups in total. The van der Waals surface area contributed by atoms with Gasteiger partial charge in [0.05, 0.1) is 0 Å². The molecule has 3 rings (SSSR count). The Hall–Kier alpha value is -2.15. The molecule has 1 fully saturated rings. The molecule has 2 aromatic heterocycles. The van der Waals surface area contributed by atoms with Crippen molar-refractivity contribution in [2.45, 2.75) is 18.1 Å². The lowest BCUT2D eigenvalue weighted by atomic mass is 10.1. The Morgan fingerprint density at radius 2 is 2.26 bits per heavy atom.